The van der Waals surface area contributed by atoms with Gasteiger partial charge in [-0.1, -0.05) is 18.2 Å². The standard InChI is InChI=1S/C20H21FN4O3S/c21-15-7-2-1-6-14(15)20(26)25-10-4-5-13(11-25)12-28-17-9-3-8-16-18(17)19(22)24-29(27)23-16/h1-3,6-9,13,23H,4-5,10-12H2,(H2,22,24). The van der Waals surface area contributed by atoms with Gasteiger partial charge in [0, 0.05) is 19.0 Å². The first kappa shape index (κ1) is 19.5. The molecular weight excluding hydrogens is 395 g/mol. The van der Waals surface area contributed by atoms with E-state index in [1.165, 1.54) is 12.1 Å². The summed E-state index contributed by atoms with van der Waals surface area (Å²) in [5.74, 6) is 0.0109. The zero-order chi connectivity index (χ0) is 20.4. The molecule has 0 aliphatic carbocycles. The van der Waals surface area contributed by atoms with Crippen LogP contribution in [0.3, 0.4) is 0 Å². The van der Waals surface area contributed by atoms with E-state index in [-0.39, 0.29) is 23.2 Å². The molecule has 0 bridgehead atoms. The zero-order valence-corrected chi connectivity index (χ0v) is 16.5. The zero-order valence-electron chi connectivity index (χ0n) is 15.6. The Bertz CT molecular complexity index is 955. The molecule has 1 saturated heterocycles. The van der Waals surface area contributed by atoms with Crippen molar-refractivity contribution in [2.24, 2.45) is 16.0 Å². The van der Waals surface area contributed by atoms with Crippen LogP contribution in [0.25, 0.3) is 0 Å². The molecule has 2 heterocycles. The maximum Gasteiger partial charge on any atom is 0.256 e. The van der Waals surface area contributed by atoms with Crippen LogP contribution in [-0.4, -0.2) is 40.9 Å². The Hall–Kier alpha value is -2.78. The number of amides is 1. The summed E-state index contributed by atoms with van der Waals surface area (Å²) >= 11 is -1.60. The normalized spacial score (nSPS) is 21.0. The number of hydrogen-bond donors (Lipinski definition) is 2. The predicted molar refractivity (Wildman–Crippen MR) is 109 cm³/mol. The highest BCUT2D eigenvalue weighted by Crippen LogP contribution is 2.31. The Kier molecular flexibility index (Phi) is 5.59. The van der Waals surface area contributed by atoms with Crippen LogP contribution in [0.4, 0.5) is 10.1 Å². The fourth-order valence-electron chi connectivity index (χ4n) is 3.65. The first-order chi connectivity index (χ1) is 14.0. The summed E-state index contributed by atoms with van der Waals surface area (Å²) in [5.41, 5.74) is 7.22. The molecule has 7 nitrogen and oxygen atoms in total. The van der Waals surface area contributed by atoms with Crippen molar-refractivity contribution in [1.82, 2.24) is 4.90 Å². The van der Waals surface area contributed by atoms with Crippen LogP contribution in [-0.2, 0) is 11.5 Å². The molecule has 0 spiro atoms. The van der Waals surface area contributed by atoms with E-state index in [9.17, 15) is 13.7 Å². The Morgan fingerprint density at radius 2 is 2.17 bits per heavy atom. The van der Waals surface area contributed by atoms with Crippen molar-refractivity contribution in [3.63, 3.8) is 0 Å². The summed E-state index contributed by atoms with van der Waals surface area (Å²) in [7, 11) is 0. The minimum absolute atomic E-state index is 0.0919. The summed E-state index contributed by atoms with van der Waals surface area (Å²) in [4.78, 5) is 14.4. The largest absolute Gasteiger partial charge is 0.566 e. The number of piperidine rings is 1. The molecule has 0 saturated carbocycles. The average Bonchev–Trinajstić information content (AvgIpc) is 2.72. The molecular formula is C20H21FN4O3S. The van der Waals surface area contributed by atoms with Crippen molar-refractivity contribution in [1.29, 1.82) is 0 Å². The lowest BCUT2D eigenvalue weighted by Gasteiger charge is -2.33. The van der Waals surface area contributed by atoms with Crippen LogP contribution >= 0.6 is 0 Å². The number of nitrogens with zero attached hydrogens (tertiary/aromatic N) is 2. The van der Waals surface area contributed by atoms with Crippen molar-refractivity contribution in [3.8, 4) is 5.75 Å². The lowest BCUT2D eigenvalue weighted by Crippen LogP contribution is -2.42. The highest BCUT2D eigenvalue weighted by atomic mass is 32.2. The number of halogens is 1. The second-order valence-electron chi connectivity index (χ2n) is 7.06. The Morgan fingerprint density at radius 1 is 1.34 bits per heavy atom. The fraction of sp³-hybridized carbons (Fsp3) is 0.300. The molecule has 4 rings (SSSR count). The van der Waals surface area contributed by atoms with Crippen LogP contribution in [0.5, 0.6) is 5.75 Å². The van der Waals surface area contributed by atoms with E-state index in [1.807, 2.05) is 0 Å². The van der Waals surface area contributed by atoms with Crippen LogP contribution in [0.2, 0.25) is 0 Å². The van der Waals surface area contributed by atoms with Gasteiger partial charge >= 0.3 is 0 Å². The second-order valence-corrected chi connectivity index (χ2v) is 7.94. The third-order valence-corrected chi connectivity index (χ3v) is 5.80. The van der Waals surface area contributed by atoms with Crippen LogP contribution < -0.4 is 15.2 Å². The number of carbonyl (C=O) groups is 1. The fourth-order valence-corrected chi connectivity index (χ4v) is 4.32. The van der Waals surface area contributed by atoms with E-state index in [1.54, 1.807) is 35.2 Å². The van der Waals surface area contributed by atoms with Gasteiger partial charge in [0.05, 0.1) is 23.4 Å². The van der Waals surface area contributed by atoms with Gasteiger partial charge in [-0.05, 0) is 41.5 Å². The van der Waals surface area contributed by atoms with Gasteiger partial charge in [0.1, 0.15) is 11.6 Å². The summed E-state index contributed by atoms with van der Waals surface area (Å²) < 4.78 is 38.2. The number of rotatable bonds is 4. The first-order valence-electron chi connectivity index (χ1n) is 9.35. The number of carbonyl (C=O) groups excluding carboxylic acids is 1. The molecule has 9 heteroatoms. The number of hydrogen-bond acceptors (Lipinski definition) is 6. The van der Waals surface area contributed by atoms with E-state index in [0.29, 0.717) is 36.7 Å². The van der Waals surface area contributed by atoms with Crippen LogP contribution in [0, 0.1) is 11.7 Å². The van der Waals surface area contributed by atoms with Crippen LogP contribution in [0.1, 0.15) is 28.8 Å². The average molecular weight is 416 g/mol. The van der Waals surface area contributed by atoms with Gasteiger partial charge in [-0.15, -0.1) is 0 Å². The highest BCUT2D eigenvalue weighted by Gasteiger charge is 2.28. The highest BCUT2D eigenvalue weighted by molar-refractivity contribution is 7.91. The van der Waals surface area contributed by atoms with Crippen molar-refractivity contribution < 1.29 is 18.5 Å². The van der Waals surface area contributed by atoms with Gasteiger partial charge < -0.3 is 19.9 Å². The maximum atomic E-state index is 14.0. The molecule has 0 aromatic heterocycles. The van der Waals surface area contributed by atoms with Gasteiger partial charge in [0.15, 0.2) is 5.84 Å². The number of nitrogens with one attached hydrogen (secondary N) is 1. The van der Waals surface area contributed by atoms with Crippen molar-refractivity contribution in [2.75, 3.05) is 24.4 Å². The molecule has 29 heavy (non-hydrogen) atoms. The Labute approximate surface area is 171 Å². The maximum absolute atomic E-state index is 14.0. The van der Waals surface area contributed by atoms with E-state index in [2.05, 4.69) is 9.12 Å². The summed E-state index contributed by atoms with van der Waals surface area (Å²) in [6.07, 6.45) is 1.73. The lowest BCUT2D eigenvalue weighted by molar-refractivity contribution is 0.0629. The summed E-state index contributed by atoms with van der Waals surface area (Å²) in [5, 5.41) is 0. The predicted octanol–water partition coefficient (Wildman–Crippen LogP) is 2.47. The quantitative estimate of drug-likeness (QED) is 0.746. The first-order valence-corrected chi connectivity index (χ1v) is 10.5. The molecule has 1 fully saturated rings. The number of likely N-dealkylation sites (tertiary alicyclic amines) is 1. The topological polar surface area (TPSA) is 103 Å². The lowest BCUT2D eigenvalue weighted by atomic mass is 9.98. The van der Waals surface area contributed by atoms with Crippen molar-refractivity contribution in [2.45, 2.75) is 12.8 Å². The van der Waals surface area contributed by atoms with Gasteiger partial charge in [-0.3, -0.25) is 4.79 Å². The Balaban J connectivity index is 1.43. The van der Waals surface area contributed by atoms with E-state index < -0.39 is 17.4 Å². The van der Waals surface area contributed by atoms with Gasteiger partial charge in [-0.2, -0.15) is 4.72 Å². The number of benzene rings is 2. The molecule has 1 amide bonds. The van der Waals surface area contributed by atoms with Gasteiger partial charge in [0.25, 0.3) is 5.91 Å². The second kappa shape index (κ2) is 8.30. The number of amidine groups is 1. The monoisotopic (exact) mass is 416 g/mol. The number of nitrogens with two attached hydrogens (primary N) is 1. The summed E-state index contributed by atoms with van der Waals surface area (Å²) in [6.45, 7) is 1.47. The summed E-state index contributed by atoms with van der Waals surface area (Å²) in [6, 6.07) is 11.4. The SMILES string of the molecule is NC1=N[S+]([O-])Nc2cccc(OCC3CCCN(C(=O)c4ccccc4F)C3)c21. The van der Waals surface area contributed by atoms with Gasteiger partial charge in [0.2, 0.25) is 11.5 Å². The van der Waals surface area contributed by atoms with E-state index >= 15 is 0 Å². The molecule has 0 radical (unpaired) electrons. The minimum Gasteiger partial charge on any atom is -0.566 e. The molecule has 2 aromatic carbocycles. The third-order valence-electron chi connectivity index (χ3n) is 5.05. The number of anilines is 1. The van der Waals surface area contributed by atoms with Gasteiger partial charge in [-0.25, -0.2) is 4.39 Å². The molecule has 152 valence electrons. The van der Waals surface area contributed by atoms with Crippen molar-refractivity contribution in [3.05, 3.63) is 59.4 Å². The molecule has 2 aliphatic heterocycles. The van der Waals surface area contributed by atoms with Crippen molar-refractivity contribution >= 4 is 29.0 Å². The van der Waals surface area contributed by atoms with Crippen LogP contribution in [0.15, 0.2) is 46.9 Å². The molecule has 2 aliphatic rings. The third kappa shape index (κ3) is 4.15. The molecule has 2 aromatic rings. The van der Waals surface area contributed by atoms with E-state index in [0.717, 1.165) is 12.8 Å². The Morgan fingerprint density at radius 3 is 3.00 bits per heavy atom. The molecule has 2 unspecified atom stereocenters. The minimum atomic E-state index is -1.60. The smallest absolute Gasteiger partial charge is 0.256 e. The van der Waals surface area contributed by atoms with E-state index in [4.69, 9.17) is 10.5 Å². The number of ether oxygens (including phenoxy) is 1. The number of fused-ring (bicyclic) bond motifs is 1. The molecule has 3 N–H and O–H groups in total. The molecule has 2 atom stereocenters.